The van der Waals surface area contributed by atoms with E-state index in [4.69, 9.17) is 14.2 Å². The fourth-order valence-electron chi connectivity index (χ4n) is 2.82. The van der Waals surface area contributed by atoms with E-state index >= 15 is 0 Å². The molecule has 5 heteroatoms. The highest BCUT2D eigenvalue weighted by Crippen LogP contribution is 2.28. The van der Waals surface area contributed by atoms with Gasteiger partial charge in [-0.05, 0) is 48.0 Å². The summed E-state index contributed by atoms with van der Waals surface area (Å²) in [5, 5.41) is 8.51. The zero-order valence-corrected chi connectivity index (χ0v) is 15.5. The number of benzene rings is 3. The monoisotopic (exact) mass is 372 g/mol. The third-order valence-electron chi connectivity index (χ3n) is 4.20. The minimum atomic E-state index is 0.220. The van der Waals surface area contributed by atoms with E-state index in [1.807, 2.05) is 72.8 Å². The second-order valence-electron chi connectivity index (χ2n) is 6.18. The molecule has 28 heavy (non-hydrogen) atoms. The maximum absolute atomic E-state index is 5.93. The molecular weight excluding hydrogens is 352 g/mol. The molecule has 0 saturated carbocycles. The number of hydrogen-bond donors (Lipinski definition) is 1. The molecule has 140 valence electrons. The van der Waals surface area contributed by atoms with Crippen molar-refractivity contribution in [2.75, 3.05) is 13.9 Å². The van der Waals surface area contributed by atoms with Gasteiger partial charge in [0.1, 0.15) is 17.2 Å². The predicted octanol–water partition coefficient (Wildman–Crippen LogP) is 5.51. The largest absolute Gasteiger partial charge is 0.468 e. The lowest BCUT2D eigenvalue weighted by molar-refractivity contribution is 0.0511. The van der Waals surface area contributed by atoms with Gasteiger partial charge in [0.05, 0.1) is 11.2 Å². The molecule has 0 radical (unpaired) electrons. The molecule has 4 rings (SSSR count). The maximum atomic E-state index is 5.93. The molecular formula is C23H20N2O3. The number of methoxy groups -OCH3 is 1. The molecule has 0 aliphatic heterocycles. The van der Waals surface area contributed by atoms with Crippen LogP contribution in [0.2, 0.25) is 0 Å². The van der Waals surface area contributed by atoms with Crippen LogP contribution in [0.15, 0.2) is 72.8 Å². The summed E-state index contributed by atoms with van der Waals surface area (Å²) in [7, 11) is 1.59. The SMILES string of the molecule is COCOc1ccc(Oc2ccc3c(/C=C/c4ccccc4)n[nH]c3c2)cc1. The van der Waals surface area contributed by atoms with Gasteiger partial charge in [0.2, 0.25) is 0 Å². The van der Waals surface area contributed by atoms with E-state index in [2.05, 4.69) is 22.3 Å². The van der Waals surface area contributed by atoms with Crippen LogP contribution >= 0.6 is 0 Å². The van der Waals surface area contributed by atoms with E-state index in [1.165, 1.54) is 0 Å². The Kier molecular flexibility index (Phi) is 5.36. The Balaban J connectivity index is 1.49. The van der Waals surface area contributed by atoms with Crippen LogP contribution < -0.4 is 9.47 Å². The van der Waals surface area contributed by atoms with Crippen molar-refractivity contribution in [2.45, 2.75) is 0 Å². The molecule has 0 spiro atoms. The zero-order valence-electron chi connectivity index (χ0n) is 15.5. The number of aromatic amines is 1. The Bertz CT molecular complexity index is 1070. The summed E-state index contributed by atoms with van der Waals surface area (Å²) in [6.07, 6.45) is 4.06. The molecule has 0 bridgehead atoms. The van der Waals surface area contributed by atoms with Crippen LogP contribution in [-0.4, -0.2) is 24.1 Å². The lowest BCUT2D eigenvalue weighted by atomic mass is 10.1. The Hall–Kier alpha value is -3.57. The Morgan fingerprint density at radius 2 is 1.61 bits per heavy atom. The molecule has 0 fully saturated rings. The molecule has 1 N–H and O–H groups in total. The summed E-state index contributed by atoms with van der Waals surface area (Å²) in [4.78, 5) is 0. The van der Waals surface area contributed by atoms with Gasteiger partial charge in [-0.15, -0.1) is 0 Å². The first-order valence-corrected chi connectivity index (χ1v) is 8.93. The van der Waals surface area contributed by atoms with Crippen LogP contribution in [0.3, 0.4) is 0 Å². The summed E-state index contributed by atoms with van der Waals surface area (Å²) in [6.45, 7) is 0.220. The molecule has 1 heterocycles. The first-order valence-electron chi connectivity index (χ1n) is 8.93. The van der Waals surface area contributed by atoms with Gasteiger partial charge >= 0.3 is 0 Å². The average Bonchev–Trinajstić information content (AvgIpc) is 3.15. The van der Waals surface area contributed by atoms with Crippen LogP contribution in [0.4, 0.5) is 0 Å². The van der Waals surface area contributed by atoms with Crippen LogP contribution in [0.5, 0.6) is 17.2 Å². The predicted molar refractivity (Wildman–Crippen MR) is 110 cm³/mol. The molecule has 0 saturated heterocycles. The Labute approximate surface area is 163 Å². The summed E-state index contributed by atoms with van der Waals surface area (Å²) in [6, 6.07) is 23.4. The average molecular weight is 372 g/mol. The first kappa shape index (κ1) is 17.8. The van der Waals surface area contributed by atoms with Gasteiger partial charge < -0.3 is 14.2 Å². The maximum Gasteiger partial charge on any atom is 0.188 e. The van der Waals surface area contributed by atoms with Crippen LogP contribution in [-0.2, 0) is 4.74 Å². The number of nitrogens with zero attached hydrogens (tertiary/aromatic N) is 1. The molecule has 3 aromatic carbocycles. The number of fused-ring (bicyclic) bond motifs is 1. The fourth-order valence-corrected chi connectivity index (χ4v) is 2.82. The number of hydrogen-bond acceptors (Lipinski definition) is 4. The minimum Gasteiger partial charge on any atom is -0.468 e. The summed E-state index contributed by atoms with van der Waals surface area (Å²) >= 11 is 0. The topological polar surface area (TPSA) is 56.4 Å². The molecule has 0 aliphatic carbocycles. The van der Waals surface area contributed by atoms with Crippen LogP contribution in [0.1, 0.15) is 11.3 Å². The van der Waals surface area contributed by atoms with Gasteiger partial charge in [0.15, 0.2) is 6.79 Å². The quantitative estimate of drug-likeness (QED) is 0.435. The number of ether oxygens (including phenoxy) is 3. The zero-order chi connectivity index (χ0) is 19.2. The third-order valence-corrected chi connectivity index (χ3v) is 4.20. The van der Waals surface area contributed by atoms with E-state index in [0.717, 1.165) is 39.4 Å². The number of rotatable bonds is 7. The van der Waals surface area contributed by atoms with Crippen molar-refractivity contribution in [3.63, 3.8) is 0 Å². The van der Waals surface area contributed by atoms with Crippen LogP contribution in [0, 0.1) is 0 Å². The Morgan fingerprint density at radius 1 is 0.857 bits per heavy atom. The van der Waals surface area contributed by atoms with Crippen molar-refractivity contribution >= 4 is 23.1 Å². The van der Waals surface area contributed by atoms with Crippen molar-refractivity contribution in [1.82, 2.24) is 10.2 Å². The van der Waals surface area contributed by atoms with E-state index < -0.39 is 0 Å². The molecule has 0 aliphatic rings. The first-order chi connectivity index (χ1) is 13.8. The highest BCUT2D eigenvalue weighted by Gasteiger charge is 2.06. The summed E-state index contributed by atoms with van der Waals surface area (Å²) < 4.78 is 16.2. The van der Waals surface area contributed by atoms with Gasteiger partial charge in [0.25, 0.3) is 0 Å². The van der Waals surface area contributed by atoms with Crippen molar-refractivity contribution in [2.24, 2.45) is 0 Å². The molecule has 1 aromatic heterocycles. The van der Waals surface area contributed by atoms with Gasteiger partial charge in [-0.2, -0.15) is 5.10 Å². The van der Waals surface area contributed by atoms with E-state index in [0.29, 0.717) is 0 Å². The van der Waals surface area contributed by atoms with Gasteiger partial charge in [-0.25, -0.2) is 0 Å². The van der Waals surface area contributed by atoms with Gasteiger partial charge in [0, 0.05) is 18.6 Å². The van der Waals surface area contributed by atoms with Crippen molar-refractivity contribution in [3.05, 3.63) is 84.1 Å². The number of H-pyrrole nitrogens is 1. The van der Waals surface area contributed by atoms with E-state index in [1.54, 1.807) is 7.11 Å². The third kappa shape index (κ3) is 4.22. The van der Waals surface area contributed by atoms with Gasteiger partial charge in [-0.3, -0.25) is 5.10 Å². The van der Waals surface area contributed by atoms with Crippen molar-refractivity contribution < 1.29 is 14.2 Å². The lowest BCUT2D eigenvalue weighted by Gasteiger charge is -2.08. The normalized spacial score (nSPS) is 11.2. The summed E-state index contributed by atoms with van der Waals surface area (Å²) in [5.41, 5.74) is 2.95. The van der Waals surface area contributed by atoms with E-state index in [9.17, 15) is 0 Å². The number of nitrogens with one attached hydrogen (secondary N) is 1. The lowest BCUT2D eigenvalue weighted by Crippen LogP contribution is -1.98. The van der Waals surface area contributed by atoms with Gasteiger partial charge in [-0.1, -0.05) is 36.4 Å². The number of aromatic nitrogens is 2. The summed E-state index contributed by atoms with van der Waals surface area (Å²) in [5.74, 6) is 2.20. The highest BCUT2D eigenvalue weighted by atomic mass is 16.7. The second-order valence-corrected chi connectivity index (χ2v) is 6.18. The molecule has 0 amide bonds. The molecule has 0 unspecified atom stereocenters. The smallest absolute Gasteiger partial charge is 0.188 e. The minimum absolute atomic E-state index is 0.220. The van der Waals surface area contributed by atoms with Crippen molar-refractivity contribution in [3.8, 4) is 17.2 Å². The highest BCUT2D eigenvalue weighted by molar-refractivity contribution is 5.90. The van der Waals surface area contributed by atoms with Crippen LogP contribution in [0.25, 0.3) is 23.1 Å². The van der Waals surface area contributed by atoms with Crippen molar-refractivity contribution in [1.29, 1.82) is 0 Å². The molecule has 4 aromatic rings. The standard InChI is InChI=1S/C23H20N2O3/c1-26-16-27-18-8-10-19(11-9-18)28-20-12-13-21-22(24-25-23(21)15-20)14-7-17-5-3-2-4-6-17/h2-15H,16H2,1H3,(H,24,25)/b14-7+. The fraction of sp³-hybridized carbons (Fsp3) is 0.0870. The molecule has 0 atom stereocenters. The second kappa shape index (κ2) is 8.41. The van der Waals surface area contributed by atoms with E-state index in [-0.39, 0.29) is 6.79 Å². The Morgan fingerprint density at radius 3 is 2.39 bits per heavy atom. The molecule has 5 nitrogen and oxygen atoms in total.